The number of ether oxygens (including phenoxy) is 1. The van der Waals surface area contributed by atoms with Crippen molar-refractivity contribution in [3.8, 4) is 5.75 Å². The number of aromatic nitrogens is 4. The molecule has 1 saturated heterocycles. The minimum absolute atomic E-state index is 0.199. The Morgan fingerprint density at radius 2 is 1.83 bits per heavy atom. The highest BCUT2D eigenvalue weighted by atomic mass is 32.2. The summed E-state index contributed by atoms with van der Waals surface area (Å²) in [5, 5.41) is 0. The van der Waals surface area contributed by atoms with E-state index in [1.807, 2.05) is 0 Å². The summed E-state index contributed by atoms with van der Waals surface area (Å²) in [5.41, 5.74) is -0.402. The number of H-pyrrole nitrogens is 1. The minimum Gasteiger partial charge on any atom is -0.497 e. The number of nitrogens with one attached hydrogen (secondary N) is 1. The molecule has 11 heteroatoms. The Labute approximate surface area is 172 Å². The number of aromatic amines is 1. The van der Waals surface area contributed by atoms with E-state index < -0.39 is 21.3 Å². The van der Waals surface area contributed by atoms with Gasteiger partial charge < -0.3 is 9.72 Å². The van der Waals surface area contributed by atoms with Crippen LogP contribution in [0.1, 0.15) is 24.6 Å². The molecular weight excluding hydrogens is 410 g/mol. The fourth-order valence-electron chi connectivity index (χ4n) is 3.82. The van der Waals surface area contributed by atoms with Crippen molar-refractivity contribution in [2.45, 2.75) is 23.7 Å². The molecule has 160 valence electrons. The molecule has 30 heavy (non-hydrogen) atoms. The van der Waals surface area contributed by atoms with Crippen molar-refractivity contribution in [2.75, 3.05) is 20.2 Å². The van der Waals surface area contributed by atoms with E-state index in [0.717, 1.165) is 11.0 Å². The average molecular weight is 433 g/mol. The van der Waals surface area contributed by atoms with Gasteiger partial charge in [0, 0.05) is 33.1 Å². The van der Waals surface area contributed by atoms with Crippen molar-refractivity contribution in [1.82, 2.24) is 23.4 Å². The molecule has 1 aromatic carbocycles. The molecule has 10 nitrogen and oxygen atoms in total. The molecule has 1 fully saturated rings. The van der Waals surface area contributed by atoms with E-state index in [1.165, 1.54) is 35.2 Å². The van der Waals surface area contributed by atoms with Crippen molar-refractivity contribution in [3.63, 3.8) is 0 Å². The molecule has 1 aliphatic rings. The Balaban J connectivity index is 1.67. The van der Waals surface area contributed by atoms with Crippen LogP contribution in [0.2, 0.25) is 0 Å². The van der Waals surface area contributed by atoms with Crippen LogP contribution in [0.4, 0.5) is 0 Å². The van der Waals surface area contributed by atoms with Crippen molar-refractivity contribution in [2.24, 2.45) is 14.1 Å². The summed E-state index contributed by atoms with van der Waals surface area (Å²) < 4.78 is 35.0. The molecule has 3 aromatic rings. The first kappa shape index (κ1) is 20.4. The fourth-order valence-corrected chi connectivity index (χ4v) is 5.34. The maximum absolute atomic E-state index is 13.1. The van der Waals surface area contributed by atoms with Crippen LogP contribution >= 0.6 is 0 Å². The predicted octanol–water partition coefficient (Wildman–Crippen LogP) is 0.537. The van der Waals surface area contributed by atoms with Gasteiger partial charge >= 0.3 is 5.69 Å². The number of nitrogens with zero attached hydrogens (tertiary/aromatic N) is 4. The molecule has 0 bridgehead atoms. The van der Waals surface area contributed by atoms with Crippen LogP contribution < -0.4 is 16.0 Å². The van der Waals surface area contributed by atoms with Gasteiger partial charge in [-0.05, 0) is 37.1 Å². The number of benzene rings is 1. The van der Waals surface area contributed by atoms with Crippen LogP contribution in [0.5, 0.6) is 5.75 Å². The number of hydrogen-bond donors (Lipinski definition) is 1. The second-order valence-electron chi connectivity index (χ2n) is 7.40. The van der Waals surface area contributed by atoms with Crippen LogP contribution in [0.15, 0.2) is 38.8 Å². The Hall–Kier alpha value is -2.92. The summed E-state index contributed by atoms with van der Waals surface area (Å²) in [5.74, 6) is 0.886. The molecule has 1 N–H and O–H groups in total. The molecule has 1 atom stereocenters. The van der Waals surface area contributed by atoms with E-state index in [9.17, 15) is 18.0 Å². The summed E-state index contributed by atoms with van der Waals surface area (Å²) in [7, 11) is 0.813. The first-order valence-electron chi connectivity index (χ1n) is 9.54. The summed E-state index contributed by atoms with van der Waals surface area (Å²) >= 11 is 0. The van der Waals surface area contributed by atoms with Crippen LogP contribution in [0.3, 0.4) is 0 Å². The lowest BCUT2D eigenvalue weighted by Gasteiger charge is -2.31. The lowest BCUT2D eigenvalue weighted by Crippen LogP contribution is -2.39. The highest BCUT2D eigenvalue weighted by Gasteiger charge is 2.32. The van der Waals surface area contributed by atoms with Gasteiger partial charge in [-0.15, -0.1) is 0 Å². The number of piperidine rings is 1. The summed E-state index contributed by atoms with van der Waals surface area (Å²) in [6.07, 6.45) is 1.39. The molecule has 1 aliphatic heterocycles. The van der Waals surface area contributed by atoms with E-state index in [-0.39, 0.29) is 28.5 Å². The first-order chi connectivity index (χ1) is 14.2. The van der Waals surface area contributed by atoms with Gasteiger partial charge in [0.25, 0.3) is 5.56 Å². The molecule has 2 aromatic heterocycles. The van der Waals surface area contributed by atoms with E-state index in [2.05, 4.69) is 9.97 Å². The van der Waals surface area contributed by atoms with Crippen molar-refractivity contribution >= 4 is 21.2 Å². The van der Waals surface area contributed by atoms with E-state index in [4.69, 9.17) is 4.74 Å². The zero-order valence-corrected chi connectivity index (χ0v) is 17.8. The number of rotatable bonds is 4. The van der Waals surface area contributed by atoms with Gasteiger partial charge in [0.1, 0.15) is 17.1 Å². The predicted molar refractivity (Wildman–Crippen MR) is 110 cm³/mol. The van der Waals surface area contributed by atoms with Gasteiger partial charge in [-0.3, -0.25) is 13.9 Å². The number of hydrogen-bond acceptors (Lipinski definition) is 6. The molecule has 1 unspecified atom stereocenters. The molecular formula is C19H23N5O5S. The SMILES string of the molecule is COc1ccc(S(=O)(=O)N2CCCC(c3nc4c([nH]3)c(=O)n(C)c(=O)n4C)C2)cc1. The average Bonchev–Trinajstić information content (AvgIpc) is 3.22. The lowest BCUT2D eigenvalue weighted by molar-refractivity contribution is 0.310. The van der Waals surface area contributed by atoms with E-state index >= 15 is 0 Å². The smallest absolute Gasteiger partial charge is 0.332 e. The maximum Gasteiger partial charge on any atom is 0.332 e. The Kier molecular flexibility index (Phi) is 5.02. The summed E-state index contributed by atoms with van der Waals surface area (Å²) in [6, 6.07) is 6.28. The number of aryl methyl sites for hydroxylation is 1. The zero-order chi connectivity index (χ0) is 21.6. The van der Waals surface area contributed by atoms with E-state index in [1.54, 1.807) is 19.2 Å². The van der Waals surface area contributed by atoms with Crippen LogP contribution in [-0.2, 0) is 24.1 Å². The van der Waals surface area contributed by atoms with Gasteiger partial charge in [-0.1, -0.05) is 0 Å². The van der Waals surface area contributed by atoms with Crippen LogP contribution in [0.25, 0.3) is 11.2 Å². The van der Waals surface area contributed by atoms with Gasteiger partial charge in [0.2, 0.25) is 10.0 Å². The Bertz CT molecular complexity index is 1320. The van der Waals surface area contributed by atoms with Gasteiger partial charge in [-0.2, -0.15) is 4.31 Å². The molecule has 0 spiro atoms. The Morgan fingerprint density at radius 3 is 2.50 bits per heavy atom. The third-order valence-electron chi connectivity index (χ3n) is 5.58. The topological polar surface area (TPSA) is 119 Å². The first-order valence-corrected chi connectivity index (χ1v) is 11.0. The Morgan fingerprint density at radius 1 is 1.13 bits per heavy atom. The molecule has 0 radical (unpaired) electrons. The second-order valence-corrected chi connectivity index (χ2v) is 9.34. The van der Waals surface area contributed by atoms with Gasteiger partial charge in [0.15, 0.2) is 5.65 Å². The van der Waals surface area contributed by atoms with Crippen molar-refractivity contribution in [1.29, 1.82) is 0 Å². The monoisotopic (exact) mass is 433 g/mol. The molecule has 3 heterocycles. The summed E-state index contributed by atoms with van der Waals surface area (Å²) in [6.45, 7) is 0.647. The van der Waals surface area contributed by atoms with E-state index in [0.29, 0.717) is 24.5 Å². The molecule has 0 amide bonds. The van der Waals surface area contributed by atoms with Gasteiger partial charge in [-0.25, -0.2) is 18.2 Å². The molecule has 0 saturated carbocycles. The minimum atomic E-state index is -3.67. The van der Waals surface area contributed by atoms with Gasteiger partial charge in [0.05, 0.1) is 12.0 Å². The largest absolute Gasteiger partial charge is 0.497 e. The highest BCUT2D eigenvalue weighted by molar-refractivity contribution is 7.89. The zero-order valence-electron chi connectivity index (χ0n) is 17.0. The van der Waals surface area contributed by atoms with Crippen molar-refractivity contribution < 1.29 is 13.2 Å². The number of imidazole rings is 1. The number of sulfonamides is 1. The molecule has 0 aliphatic carbocycles. The van der Waals surface area contributed by atoms with Crippen molar-refractivity contribution in [3.05, 3.63) is 50.9 Å². The number of methoxy groups -OCH3 is 1. The lowest BCUT2D eigenvalue weighted by atomic mass is 9.99. The number of fused-ring (bicyclic) bond motifs is 1. The third-order valence-corrected chi connectivity index (χ3v) is 7.46. The quantitative estimate of drug-likeness (QED) is 0.641. The van der Waals surface area contributed by atoms with Crippen LogP contribution in [-0.4, -0.2) is 52.0 Å². The third kappa shape index (κ3) is 3.23. The normalized spacial score (nSPS) is 18.0. The van der Waals surface area contributed by atoms with Crippen LogP contribution in [0, 0.1) is 0 Å². The highest BCUT2D eigenvalue weighted by Crippen LogP contribution is 2.30. The summed E-state index contributed by atoms with van der Waals surface area (Å²) in [4.78, 5) is 32.3. The maximum atomic E-state index is 13.1. The fraction of sp³-hybridized carbons (Fsp3) is 0.421. The second kappa shape index (κ2) is 7.40. The molecule has 4 rings (SSSR count). The standard InChI is InChI=1S/C19H23N5O5S/c1-22-17-15(18(25)23(2)19(22)26)20-16(21-17)12-5-4-10-24(11-12)30(27,28)14-8-6-13(29-3)7-9-14/h6-9,12H,4-5,10-11H2,1-3H3,(H,20,21).